The van der Waals surface area contributed by atoms with Crippen molar-refractivity contribution in [1.29, 1.82) is 0 Å². The summed E-state index contributed by atoms with van der Waals surface area (Å²) in [5.74, 6) is -0.374. The minimum atomic E-state index is -0.232. The van der Waals surface area contributed by atoms with E-state index < -0.39 is 0 Å². The minimum absolute atomic E-state index is 0.142. The highest BCUT2D eigenvalue weighted by Crippen LogP contribution is 2.24. The van der Waals surface area contributed by atoms with Gasteiger partial charge in [0.2, 0.25) is 0 Å². The highest BCUT2D eigenvalue weighted by atomic mass is 16.2. The van der Waals surface area contributed by atoms with Crippen LogP contribution in [0.1, 0.15) is 26.4 Å². The van der Waals surface area contributed by atoms with Crippen LogP contribution in [0.25, 0.3) is 16.6 Å². The van der Waals surface area contributed by atoms with Gasteiger partial charge >= 0.3 is 0 Å². The largest absolute Gasteiger partial charge is 0.354 e. The van der Waals surface area contributed by atoms with Gasteiger partial charge in [0.25, 0.3) is 11.8 Å². The molecule has 29 heavy (non-hydrogen) atoms. The molecule has 0 saturated carbocycles. The second-order valence-electron chi connectivity index (χ2n) is 6.76. The van der Waals surface area contributed by atoms with E-state index in [2.05, 4.69) is 15.6 Å². The summed E-state index contributed by atoms with van der Waals surface area (Å²) in [6, 6.07) is 18.8. The Morgan fingerprint density at radius 3 is 2.62 bits per heavy atom. The van der Waals surface area contributed by atoms with Crippen molar-refractivity contribution in [3.05, 3.63) is 89.9 Å². The second-order valence-corrected chi connectivity index (χ2v) is 6.76. The zero-order valence-electron chi connectivity index (χ0n) is 16.1. The average molecular weight is 384 g/mol. The molecular weight excluding hydrogens is 364 g/mol. The number of anilines is 1. The van der Waals surface area contributed by atoms with Gasteiger partial charge in [0.15, 0.2) is 0 Å². The van der Waals surface area contributed by atoms with Crippen molar-refractivity contribution in [2.24, 2.45) is 0 Å². The van der Waals surface area contributed by atoms with Gasteiger partial charge in [0, 0.05) is 41.8 Å². The Labute approximate surface area is 168 Å². The molecule has 6 nitrogen and oxygen atoms in total. The number of hydrogen-bond donors (Lipinski definition) is 2. The van der Waals surface area contributed by atoms with Crippen LogP contribution in [0.5, 0.6) is 0 Å². The number of rotatable bonds is 4. The number of benzene rings is 2. The van der Waals surface area contributed by atoms with Crippen LogP contribution in [0.15, 0.2) is 73.1 Å². The molecule has 0 fully saturated rings. The van der Waals surface area contributed by atoms with E-state index in [1.54, 1.807) is 25.4 Å². The number of aromatic nitrogens is 2. The van der Waals surface area contributed by atoms with Crippen LogP contribution in [0.3, 0.4) is 0 Å². The van der Waals surface area contributed by atoms with Gasteiger partial charge in [-0.3, -0.25) is 14.6 Å². The summed E-state index contributed by atoms with van der Waals surface area (Å²) in [5, 5.41) is 6.51. The predicted octanol–water partition coefficient (Wildman–Crippen LogP) is 3.95. The first-order chi connectivity index (χ1) is 14.0. The van der Waals surface area contributed by atoms with Crippen molar-refractivity contribution in [1.82, 2.24) is 14.9 Å². The average Bonchev–Trinajstić information content (AvgIpc) is 3.16. The van der Waals surface area contributed by atoms with E-state index in [9.17, 15) is 9.59 Å². The van der Waals surface area contributed by atoms with Gasteiger partial charge in [-0.05, 0) is 55.5 Å². The molecule has 0 radical (unpaired) electrons. The van der Waals surface area contributed by atoms with Gasteiger partial charge in [-0.15, -0.1) is 0 Å². The Morgan fingerprint density at radius 1 is 0.966 bits per heavy atom. The Bertz CT molecular complexity index is 1230. The monoisotopic (exact) mass is 384 g/mol. The number of nitrogens with zero attached hydrogens (tertiary/aromatic N) is 2. The van der Waals surface area contributed by atoms with Crippen LogP contribution in [-0.2, 0) is 0 Å². The number of carbonyl (C=O) groups excluding carboxylic acids is 2. The Hall–Kier alpha value is -3.93. The molecule has 6 heteroatoms. The van der Waals surface area contributed by atoms with Gasteiger partial charge < -0.3 is 15.2 Å². The molecule has 4 aromatic rings. The molecule has 0 aliphatic carbocycles. The molecule has 0 atom stereocenters. The lowest BCUT2D eigenvalue weighted by atomic mass is 10.1. The fourth-order valence-electron chi connectivity index (χ4n) is 3.26. The first-order valence-electron chi connectivity index (χ1n) is 9.23. The number of fused-ring (bicyclic) bond motifs is 1. The van der Waals surface area contributed by atoms with Crippen molar-refractivity contribution in [3.63, 3.8) is 0 Å². The fourth-order valence-corrected chi connectivity index (χ4v) is 3.26. The Balaban J connectivity index is 1.63. The van der Waals surface area contributed by atoms with Crippen LogP contribution in [0.4, 0.5) is 5.69 Å². The van der Waals surface area contributed by atoms with Crippen molar-refractivity contribution in [3.8, 4) is 5.69 Å². The summed E-state index contributed by atoms with van der Waals surface area (Å²) >= 11 is 0. The molecule has 0 saturated heterocycles. The van der Waals surface area contributed by atoms with E-state index in [0.717, 1.165) is 27.8 Å². The number of aryl methyl sites for hydroxylation is 1. The van der Waals surface area contributed by atoms with Gasteiger partial charge in [-0.2, -0.15) is 0 Å². The van der Waals surface area contributed by atoms with Gasteiger partial charge in [-0.1, -0.05) is 17.7 Å². The standard InChI is InChI=1S/C23H20N4O2/c1-15-4-3-5-17(12-15)22(28)26-18-6-7-21-16(13-18)9-11-27(21)19-8-10-25-20(14-19)23(29)24-2/h3-14H,1-2H3,(H,24,29)(H,26,28). The highest BCUT2D eigenvalue weighted by Gasteiger charge is 2.10. The normalized spacial score (nSPS) is 10.7. The third-order valence-corrected chi connectivity index (χ3v) is 4.71. The van der Waals surface area contributed by atoms with Gasteiger partial charge in [0.05, 0.1) is 5.52 Å². The predicted molar refractivity (Wildman–Crippen MR) is 114 cm³/mol. The lowest BCUT2D eigenvalue weighted by Gasteiger charge is -2.09. The maximum Gasteiger partial charge on any atom is 0.269 e. The maximum absolute atomic E-state index is 12.5. The molecule has 0 aliphatic heterocycles. The SMILES string of the molecule is CNC(=O)c1cc(-n2ccc3cc(NC(=O)c4cccc(C)c4)ccc32)ccn1. The van der Waals surface area contributed by atoms with Crippen LogP contribution in [0.2, 0.25) is 0 Å². The molecule has 2 N–H and O–H groups in total. The van der Waals surface area contributed by atoms with Crippen molar-refractivity contribution in [2.45, 2.75) is 6.92 Å². The van der Waals surface area contributed by atoms with Crippen LogP contribution >= 0.6 is 0 Å². The molecule has 0 unspecified atom stereocenters. The van der Waals surface area contributed by atoms with E-state index in [-0.39, 0.29) is 11.8 Å². The lowest BCUT2D eigenvalue weighted by Crippen LogP contribution is -2.19. The maximum atomic E-state index is 12.5. The number of amides is 2. The molecule has 2 aromatic carbocycles. The topological polar surface area (TPSA) is 76.0 Å². The molecule has 4 rings (SSSR count). The van der Waals surface area contributed by atoms with E-state index in [0.29, 0.717) is 11.3 Å². The summed E-state index contributed by atoms with van der Waals surface area (Å²) in [6.07, 6.45) is 3.54. The lowest BCUT2D eigenvalue weighted by molar-refractivity contribution is 0.0957. The molecule has 2 aromatic heterocycles. The molecule has 2 amide bonds. The van der Waals surface area contributed by atoms with E-state index in [1.807, 2.05) is 66.2 Å². The molecule has 0 bridgehead atoms. The summed E-state index contributed by atoms with van der Waals surface area (Å²) in [5.41, 5.74) is 4.55. The molecular formula is C23H20N4O2. The molecule has 0 spiro atoms. The van der Waals surface area contributed by atoms with E-state index >= 15 is 0 Å². The number of pyridine rings is 1. The molecule has 2 heterocycles. The Kier molecular flexibility index (Phi) is 4.83. The first-order valence-corrected chi connectivity index (χ1v) is 9.23. The van der Waals surface area contributed by atoms with E-state index in [1.165, 1.54) is 0 Å². The van der Waals surface area contributed by atoms with Crippen molar-refractivity contribution < 1.29 is 9.59 Å². The van der Waals surface area contributed by atoms with Crippen LogP contribution in [0, 0.1) is 6.92 Å². The smallest absolute Gasteiger partial charge is 0.269 e. The fraction of sp³-hybridized carbons (Fsp3) is 0.0870. The van der Waals surface area contributed by atoms with Crippen molar-refractivity contribution in [2.75, 3.05) is 12.4 Å². The van der Waals surface area contributed by atoms with Crippen LogP contribution < -0.4 is 10.6 Å². The van der Waals surface area contributed by atoms with Crippen LogP contribution in [-0.4, -0.2) is 28.4 Å². The quantitative estimate of drug-likeness (QED) is 0.559. The van der Waals surface area contributed by atoms with Gasteiger partial charge in [-0.25, -0.2) is 0 Å². The number of hydrogen-bond acceptors (Lipinski definition) is 3. The first kappa shape index (κ1) is 18.4. The third kappa shape index (κ3) is 3.73. The summed E-state index contributed by atoms with van der Waals surface area (Å²) < 4.78 is 1.98. The zero-order chi connectivity index (χ0) is 20.4. The van der Waals surface area contributed by atoms with E-state index in [4.69, 9.17) is 0 Å². The summed E-state index contributed by atoms with van der Waals surface area (Å²) in [6.45, 7) is 1.96. The third-order valence-electron chi connectivity index (χ3n) is 4.71. The summed E-state index contributed by atoms with van der Waals surface area (Å²) in [4.78, 5) is 28.5. The highest BCUT2D eigenvalue weighted by molar-refractivity contribution is 6.05. The van der Waals surface area contributed by atoms with Gasteiger partial charge in [0.1, 0.15) is 5.69 Å². The zero-order valence-corrected chi connectivity index (χ0v) is 16.1. The molecule has 144 valence electrons. The Morgan fingerprint density at radius 2 is 1.83 bits per heavy atom. The second kappa shape index (κ2) is 7.59. The summed E-state index contributed by atoms with van der Waals surface area (Å²) in [7, 11) is 1.58. The number of nitrogens with one attached hydrogen (secondary N) is 2. The number of carbonyl (C=O) groups is 2. The van der Waals surface area contributed by atoms with Crippen molar-refractivity contribution >= 4 is 28.4 Å². The minimum Gasteiger partial charge on any atom is -0.354 e. The molecule has 0 aliphatic rings.